The molecule has 1 aromatic heterocycles. The smallest absolute Gasteiger partial charge is 0.369 e. The summed E-state index contributed by atoms with van der Waals surface area (Å²) in [5, 5.41) is 2.01. The molecule has 1 aromatic carbocycles. The van der Waals surface area contributed by atoms with Gasteiger partial charge in [0.25, 0.3) is 5.91 Å². The molecule has 0 aliphatic carbocycles. The molecule has 1 fully saturated rings. The maximum Gasteiger partial charge on any atom is 0.416 e. The number of anilines is 1. The third kappa shape index (κ3) is 5.41. The first-order valence-electron chi connectivity index (χ1n) is 10.9. The molecule has 0 saturated carbocycles. The number of carbonyl (C=O) groups is 1. The summed E-state index contributed by atoms with van der Waals surface area (Å²) in [6.45, 7) is 5.73. The zero-order valence-corrected chi connectivity index (χ0v) is 18.4. The van der Waals surface area contributed by atoms with Crippen molar-refractivity contribution in [1.29, 1.82) is 0 Å². The molecule has 1 saturated heterocycles. The van der Waals surface area contributed by atoms with Gasteiger partial charge in [0.15, 0.2) is 0 Å². The van der Waals surface area contributed by atoms with Crippen molar-refractivity contribution in [3.8, 4) is 0 Å². The minimum atomic E-state index is -4.31. The highest BCUT2D eigenvalue weighted by Crippen LogP contribution is 2.32. The number of benzene rings is 1. The highest BCUT2D eigenvalue weighted by atomic mass is 32.1. The number of rotatable bonds is 6. The van der Waals surface area contributed by atoms with Crippen LogP contribution in [0.1, 0.15) is 40.1 Å². The fourth-order valence-electron chi connectivity index (χ4n) is 4.39. The minimum absolute atomic E-state index is 0.170. The van der Waals surface area contributed by atoms with Crippen molar-refractivity contribution >= 4 is 22.9 Å². The van der Waals surface area contributed by atoms with Crippen molar-refractivity contribution in [2.75, 3.05) is 50.7 Å². The third-order valence-corrected chi connectivity index (χ3v) is 7.14. The fourth-order valence-corrected chi connectivity index (χ4v) is 5.30. The van der Waals surface area contributed by atoms with E-state index in [1.807, 2.05) is 21.2 Å². The SMILES string of the molecule is O=C1c2ccsc2CCCN1CCCCN1CCN(c2cccc(C(F)(F)F)c2)CC1. The number of piperazine rings is 1. The van der Waals surface area contributed by atoms with Crippen LogP contribution in [0.5, 0.6) is 0 Å². The number of carbonyl (C=O) groups excluding carboxylic acids is 1. The number of nitrogens with zero attached hydrogens (tertiary/aromatic N) is 3. The number of hydrogen-bond donors (Lipinski definition) is 0. The van der Waals surface area contributed by atoms with Crippen molar-refractivity contribution < 1.29 is 18.0 Å². The molecule has 4 rings (SSSR count). The highest BCUT2D eigenvalue weighted by Gasteiger charge is 2.31. The molecule has 0 unspecified atom stereocenters. The number of unbranched alkanes of at least 4 members (excludes halogenated alkanes) is 1. The van der Waals surface area contributed by atoms with E-state index in [0.717, 1.165) is 83.1 Å². The molecule has 0 bridgehead atoms. The van der Waals surface area contributed by atoms with Crippen LogP contribution in [0.2, 0.25) is 0 Å². The van der Waals surface area contributed by atoms with E-state index in [9.17, 15) is 18.0 Å². The normalized spacial score (nSPS) is 18.2. The minimum Gasteiger partial charge on any atom is -0.369 e. The molecule has 4 nitrogen and oxygen atoms in total. The van der Waals surface area contributed by atoms with Crippen molar-refractivity contribution in [2.24, 2.45) is 0 Å². The van der Waals surface area contributed by atoms with Crippen LogP contribution in [0.4, 0.5) is 18.9 Å². The number of amides is 1. The van der Waals surface area contributed by atoms with Gasteiger partial charge in [-0.1, -0.05) is 6.07 Å². The topological polar surface area (TPSA) is 26.8 Å². The van der Waals surface area contributed by atoms with E-state index in [-0.39, 0.29) is 5.91 Å². The van der Waals surface area contributed by atoms with E-state index < -0.39 is 11.7 Å². The van der Waals surface area contributed by atoms with Gasteiger partial charge in [-0.15, -0.1) is 11.3 Å². The van der Waals surface area contributed by atoms with Gasteiger partial charge in [-0.25, -0.2) is 0 Å². The molecule has 0 spiro atoms. The molecule has 0 atom stereocenters. The maximum atomic E-state index is 13.0. The lowest BCUT2D eigenvalue weighted by Gasteiger charge is -2.36. The monoisotopic (exact) mass is 451 g/mol. The number of thiophene rings is 1. The highest BCUT2D eigenvalue weighted by molar-refractivity contribution is 7.10. The van der Waals surface area contributed by atoms with Crippen LogP contribution in [0, 0.1) is 0 Å². The Morgan fingerprint density at radius 1 is 0.968 bits per heavy atom. The second-order valence-corrected chi connectivity index (χ2v) is 9.24. The number of aryl methyl sites for hydroxylation is 1. The quantitative estimate of drug-likeness (QED) is 0.593. The molecule has 1 amide bonds. The third-order valence-electron chi connectivity index (χ3n) is 6.16. The van der Waals surface area contributed by atoms with Crippen molar-refractivity contribution in [3.05, 3.63) is 51.7 Å². The van der Waals surface area contributed by atoms with Crippen LogP contribution in [0.25, 0.3) is 0 Å². The average molecular weight is 452 g/mol. The summed E-state index contributed by atoms with van der Waals surface area (Å²) in [6, 6.07) is 7.54. The Balaban J connectivity index is 1.20. The fraction of sp³-hybridized carbons (Fsp3) is 0.522. The second kappa shape index (κ2) is 9.61. The van der Waals surface area contributed by atoms with Gasteiger partial charge in [0.05, 0.1) is 11.1 Å². The summed E-state index contributed by atoms with van der Waals surface area (Å²) >= 11 is 1.68. The molecule has 0 N–H and O–H groups in total. The van der Waals surface area contributed by atoms with Crippen LogP contribution >= 0.6 is 11.3 Å². The lowest BCUT2D eigenvalue weighted by atomic mass is 10.1. The molecule has 3 heterocycles. The molecule has 168 valence electrons. The number of halogens is 3. The summed E-state index contributed by atoms with van der Waals surface area (Å²) in [4.78, 5) is 20.3. The summed E-state index contributed by atoms with van der Waals surface area (Å²) in [5.74, 6) is 0.170. The van der Waals surface area contributed by atoms with Gasteiger partial charge in [-0.05, 0) is 61.9 Å². The zero-order valence-electron chi connectivity index (χ0n) is 17.5. The predicted octanol–water partition coefficient (Wildman–Crippen LogP) is 4.76. The first kappa shape index (κ1) is 22.1. The van der Waals surface area contributed by atoms with Crippen LogP contribution in [-0.4, -0.2) is 61.5 Å². The molecule has 2 aliphatic rings. The van der Waals surface area contributed by atoms with Gasteiger partial charge < -0.3 is 9.80 Å². The molecular formula is C23H28F3N3OS. The Bertz CT molecular complexity index is 890. The van der Waals surface area contributed by atoms with Gasteiger partial charge in [0, 0.05) is 49.8 Å². The van der Waals surface area contributed by atoms with Gasteiger partial charge in [0.1, 0.15) is 0 Å². The lowest BCUT2D eigenvalue weighted by Crippen LogP contribution is -2.46. The molecule has 0 radical (unpaired) electrons. The van der Waals surface area contributed by atoms with E-state index in [0.29, 0.717) is 5.69 Å². The van der Waals surface area contributed by atoms with Crippen molar-refractivity contribution in [3.63, 3.8) is 0 Å². The second-order valence-electron chi connectivity index (χ2n) is 8.24. The summed E-state index contributed by atoms with van der Waals surface area (Å²) in [5.41, 5.74) is 0.931. The number of alkyl halides is 3. The van der Waals surface area contributed by atoms with E-state index in [4.69, 9.17) is 0 Å². The van der Waals surface area contributed by atoms with Crippen LogP contribution in [-0.2, 0) is 12.6 Å². The number of hydrogen-bond acceptors (Lipinski definition) is 4. The lowest BCUT2D eigenvalue weighted by molar-refractivity contribution is -0.137. The Hall–Kier alpha value is -2.06. The van der Waals surface area contributed by atoms with E-state index >= 15 is 0 Å². The van der Waals surface area contributed by atoms with Gasteiger partial charge >= 0.3 is 6.18 Å². The van der Waals surface area contributed by atoms with E-state index in [1.165, 1.54) is 17.0 Å². The van der Waals surface area contributed by atoms with Crippen LogP contribution in [0.3, 0.4) is 0 Å². The molecule has 2 aromatic rings. The van der Waals surface area contributed by atoms with E-state index in [2.05, 4.69) is 4.90 Å². The van der Waals surface area contributed by atoms with Crippen molar-refractivity contribution in [2.45, 2.75) is 31.9 Å². The van der Waals surface area contributed by atoms with Gasteiger partial charge in [-0.3, -0.25) is 9.69 Å². The summed E-state index contributed by atoms with van der Waals surface area (Å²) < 4.78 is 38.9. The van der Waals surface area contributed by atoms with Gasteiger partial charge in [0.2, 0.25) is 0 Å². The number of fused-ring (bicyclic) bond motifs is 1. The molecule has 2 aliphatic heterocycles. The zero-order chi connectivity index (χ0) is 21.8. The van der Waals surface area contributed by atoms with Crippen molar-refractivity contribution in [1.82, 2.24) is 9.80 Å². The summed E-state index contributed by atoms with van der Waals surface area (Å²) in [7, 11) is 0. The Morgan fingerprint density at radius 2 is 1.74 bits per heavy atom. The van der Waals surface area contributed by atoms with Crippen LogP contribution in [0.15, 0.2) is 35.7 Å². The average Bonchev–Trinajstić information content (AvgIpc) is 3.18. The first-order valence-corrected chi connectivity index (χ1v) is 11.8. The largest absolute Gasteiger partial charge is 0.416 e. The standard InChI is InChI=1S/C23H28F3N3OS/c24-23(25,26)18-5-3-6-19(17-18)28-14-12-27(13-15-28)9-1-2-10-29-11-4-7-21-20(22(29)30)8-16-31-21/h3,5-6,8,16-17H,1-2,4,7,9-15H2. The Kier molecular flexibility index (Phi) is 6.86. The molecule has 31 heavy (non-hydrogen) atoms. The summed E-state index contributed by atoms with van der Waals surface area (Å²) in [6.07, 6.45) is -0.303. The Morgan fingerprint density at radius 3 is 2.52 bits per heavy atom. The van der Waals surface area contributed by atoms with Gasteiger partial charge in [-0.2, -0.15) is 13.2 Å². The first-order chi connectivity index (χ1) is 14.9. The van der Waals surface area contributed by atoms with Crippen LogP contribution < -0.4 is 4.90 Å². The molecule has 8 heteroatoms. The molecular weight excluding hydrogens is 423 g/mol. The Labute approximate surface area is 185 Å². The maximum absolute atomic E-state index is 13.0. The predicted molar refractivity (Wildman–Crippen MR) is 118 cm³/mol. The van der Waals surface area contributed by atoms with E-state index in [1.54, 1.807) is 17.4 Å².